The standard InChI is InChI=1S/C13H25NOS/c1-9-10(6-8-15-9)16-11-5-4-7-13(2,3)12(11)14/h9-12H,4-8,14H2,1-3H3. The van der Waals surface area contributed by atoms with E-state index in [0.717, 1.165) is 6.61 Å². The second-order valence-corrected chi connectivity index (χ2v) is 7.47. The highest BCUT2D eigenvalue weighted by atomic mass is 32.2. The summed E-state index contributed by atoms with van der Waals surface area (Å²) in [5, 5.41) is 1.31. The van der Waals surface area contributed by atoms with Gasteiger partial charge in [0.25, 0.3) is 0 Å². The predicted octanol–water partition coefficient (Wildman–Crippen LogP) is 2.80. The van der Waals surface area contributed by atoms with Gasteiger partial charge in [0.15, 0.2) is 0 Å². The molecule has 0 radical (unpaired) electrons. The first kappa shape index (κ1) is 12.7. The minimum atomic E-state index is 0.318. The lowest BCUT2D eigenvalue weighted by Gasteiger charge is -2.42. The summed E-state index contributed by atoms with van der Waals surface area (Å²) in [5.74, 6) is 0. The second kappa shape index (κ2) is 4.87. The molecular weight excluding hydrogens is 218 g/mol. The van der Waals surface area contributed by atoms with Crippen LogP contribution in [0, 0.1) is 5.41 Å². The van der Waals surface area contributed by atoms with Gasteiger partial charge >= 0.3 is 0 Å². The van der Waals surface area contributed by atoms with Crippen molar-refractivity contribution in [2.24, 2.45) is 11.1 Å². The van der Waals surface area contributed by atoms with E-state index in [4.69, 9.17) is 10.5 Å². The fourth-order valence-corrected chi connectivity index (χ4v) is 4.70. The summed E-state index contributed by atoms with van der Waals surface area (Å²) in [4.78, 5) is 0. The molecule has 1 saturated heterocycles. The lowest BCUT2D eigenvalue weighted by atomic mass is 9.73. The molecule has 1 aliphatic carbocycles. The molecule has 94 valence electrons. The molecule has 0 spiro atoms. The zero-order chi connectivity index (χ0) is 11.8. The normalized spacial score (nSPS) is 43.5. The van der Waals surface area contributed by atoms with Gasteiger partial charge < -0.3 is 10.5 Å². The first-order valence-electron chi connectivity index (χ1n) is 6.53. The lowest BCUT2D eigenvalue weighted by molar-refractivity contribution is 0.127. The van der Waals surface area contributed by atoms with E-state index in [2.05, 4.69) is 32.5 Å². The van der Waals surface area contributed by atoms with Crippen molar-refractivity contribution >= 4 is 11.8 Å². The summed E-state index contributed by atoms with van der Waals surface area (Å²) >= 11 is 2.10. The summed E-state index contributed by atoms with van der Waals surface area (Å²) in [6.45, 7) is 7.77. The third kappa shape index (κ3) is 2.57. The Morgan fingerprint density at radius 2 is 2.00 bits per heavy atom. The summed E-state index contributed by atoms with van der Waals surface area (Å²) in [5.41, 5.74) is 6.74. The zero-order valence-corrected chi connectivity index (χ0v) is 11.6. The molecule has 0 bridgehead atoms. The highest BCUT2D eigenvalue weighted by Crippen LogP contribution is 2.42. The molecule has 1 saturated carbocycles. The van der Waals surface area contributed by atoms with Crippen LogP contribution in [0.3, 0.4) is 0 Å². The average molecular weight is 243 g/mol. The van der Waals surface area contributed by atoms with E-state index in [0.29, 0.717) is 28.1 Å². The van der Waals surface area contributed by atoms with E-state index < -0.39 is 0 Å². The summed E-state index contributed by atoms with van der Waals surface area (Å²) in [7, 11) is 0. The van der Waals surface area contributed by atoms with Crippen LogP contribution < -0.4 is 5.73 Å². The second-order valence-electron chi connectivity index (χ2n) is 5.98. The molecule has 2 aliphatic rings. The molecule has 1 aliphatic heterocycles. The SMILES string of the molecule is CC1OCCC1SC1CCCC(C)(C)C1N. The van der Waals surface area contributed by atoms with E-state index in [1.54, 1.807) is 0 Å². The van der Waals surface area contributed by atoms with Crippen molar-refractivity contribution in [3.05, 3.63) is 0 Å². The van der Waals surface area contributed by atoms with Crippen LogP contribution in [0.5, 0.6) is 0 Å². The van der Waals surface area contributed by atoms with Crippen molar-refractivity contribution in [1.82, 2.24) is 0 Å². The molecule has 2 nitrogen and oxygen atoms in total. The zero-order valence-electron chi connectivity index (χ0n) is 10.7. The van der Waals surface area contributed by atoms with Crippen LogP contribution in [0.1, 0.15) is 46.5 Å². The largest absolute Gasteiger partial charge is 0.377 e. The van der Waals surface area contributed by atoms with Crippen LogP contribution in [0.4, 0.5) is 0 Å². The molecule has 2 N–H and O–H groups in total. The molecule has 2 fully saturated rings. The van der Waals surface area contributed by atoms with Gasteiger partial charge in [-0.3, -0.25) is 0 Å². The monoisotopic (exact) mass is 243 g/mol. The van der Waals surface area contributed by atoms with Crippen LogP contribution in [0.25, 0.3) is 0 Å². The highest BCUT2D eigenvalue weighted by Gasteiger charge is 2.39. The number of hydrogen-bond acceptors (Lipinski definition) is 3. The Morgan fingerprint density at radius 1 is 1.25 bits per heavy atom. The number of hydrogen-bond donors (Lipinski definition) is 1. The van der Waals surface area contributed by atoms with Crippen LogP contribution in [0.2, 0.25) is 0 Å². The first-order valence-corrected chi connectivity index (χ1v) is 7.47. The molecule has 16 heavy (non-hydrogen) atoms. The Bertz CT molecular complexity index is 244. The number of nitrogens with two attached hydrogens (primary N) is 1. The van der Waals surface area contributed by atoms with Gasteiger partial charge in [0, 0.05) is 23.1 Å². The van der Waals surface area contributed by atoms with E-state index in [-0.39, 0.29) is 0 Å². The van der Waals surface area contributed by atoms with Crippen molar-refractivity contribution in [2.75, 3.05) is 6.61 Å². The maximum absolute atomic E-state index is 6.42. The molecule has 0 aromatic carbocycles. The van der Waals surface area contributed by atoms with E-state index >= 15 is 0 Å². The fourth-order valence-electron chi connectivity index (χ4n) is 2.88. The van der Waals surface area contributed by atoms with Crippen molar-refractivity contribution in [2.45, 2.75) is 69.1 Å². The molecule has 0 aromatic heterocycles. The lowest BCUT2D eigenvalue weighted by Crippen LogP contribution is -2.49. The predicted molar refractivity (Wildman–Crippen MR) is 70.8 cm³/mol. The van der Waals surface area contributed by atoms with Gasteiger partial charge in [0.1, 0.15) is 0 Å². The molecule has 1 heterocycles. The van der Waals surface area contributed by atoms with Gasteiger partial charge in [-0.1, -0.05) is 20.3 Å². The van der Waals surface area contributed by atoms with E-state index in [9.17, 15) is 0 Å². The Kier molecular flexibility index (Phi) is 3.87. The third-order valence-electron chi connectivity index (χ3n) is 4.27. The topological polar surface area (TPSA) is 35.2 Å². The number of ether oxygens (including phenoxy) is 1. The maximum atomic E-state index is 6.42. The van der Waals surface area contributed by atoms with Crippen molar-refractivity contribution < 1.29 is 4.74 Å². The minimum Gasteiger partial charge on any atom is -0.377 e. The summed E-state index contributed by atoms with van der Waals surface area (Å²) in [6, 6.07) is 0.346. The Hall–Kier alpha value is 0.270. The molecule has 0 amide bonds. The smallest absolute Gasteiger partial charge is 0.0666 e. The molecule has 4 atom stereocenters. The summed E-state index contributed by atoms with van der Waals surface area (Å²) in [6.07, 6.45) is 5.53. The van der Waals surface area contributed by atoms with Gasteiger partial charge in [0.2, 0.25) is 0 Å². The van der Waals surface area contributed by atoms with Crippen LogP contribution in [-0.4, -0.2) is 29.3 Å². The van der Waals surface area contributed by atoms with E-state index in [1.165, 1.54) is 25.7 Å². The highest BCUT2D eigenvalue weighted by molar-refractivity contribution is 8.00. The van der Waals surface area contributed by atoms with Crippen molar-refractivity contribution in [3.63, 3.8) is 0 Å². The van der Waals surface area contributed by atoms with Gasteiger partial charge in [-0.25, -0.2) is 0 Å². The molecule has 3 heteroatoms. The van der Waals surface area contributed by atoms with E-state index in [1.807, 2.05) is 0 Å². The first-order chi connectivity index (χ1) is 7.50. The Balaban J connectivity index is 1.93. The van der Waals surface area contributed by atoms with Crippen LogP contribution in [0.15, 0.2) is 0 Å². The quantitative estimate of drug-likeness (QED) is 0.810. The average Bonchev–Trinajstić information content (AvgIpc) is 2.60. The Labute approximate surface area is 104 Å². The number of thioether (sulfide) groups is 1. The van der Waals surface area contributed by atoms with Crippen molar-refractivity contribution in [3.8, 4) is 0 Å². The minimum absolute atomic E-state index is 0.318. The Morgan fingerprint density at radius 3 is 2.62 bits per heavy atom. The summed E-state index contributed by atoms with van der Waals surface area (Å²) < 4.78 is 5.63. The maximum Gasteiger partial charge on any atom is 0.0666 e. The molecule has 0 aromatic rings. The van der Waals surface area contributed by atoms with Crippen LogP contribution >= 0.6 is 11.8 Å². The van der Waals surface area contributed by atoms with Gasteiger partial charge in [0.05, 0.1) is 6.10 Å². The van der Waals surface area contributed by atoms with Gasteiger partial charge in [-0.15, -0.1) is 0 Å². The molecular formula is C13H25NOS. The van der Waals surface area contributed by atoms with Crippen LogP contribution in [-0.2, 0) is 4.74 Å². The van der Waals surface area contributed by atoms with Gasteiger partial charge in [-0.05, 0) is 31.6 Å². The molecule has 4 unspecified atom stereocenters. The van der Waals surface area contributed by atoms with Gasteiger partial charge in [-0.2, -0.15) is 11.8 Å². The molecule has 2 rings (SSSR count). The fraction of sp³-hybridized carbons (Fsp3) is 1.00. The third-order valence-corrected chi connectivity index (χ3v) is 6.12. The number of rotatable bonds is 2. The van der Waals surface area contributed by atoms with Crippen molar-refractivity contribution in [1.29, 1.82) is 0 Å².